The van der Waals surface area contributed by atoms with Crippen molar-refractivity contribution < 1.29 is 9.59 Å². The Labute approximate surface area is 220 Å². The molecule has 0 atom stereocenters. The topological polar surface area (TPSA) is 45.6 Å². The second-order valence-electron chi connectivity index (χ2n) is 8.70. The van der Waals surface area contributed by atoms with Crippen molar-refractivity contribution in [3.63, 3.8) is 0 Å². The molecule has 36 heavy (non-hydrogen) atoms. The van der Waals surface area contributed by atoms with Crippen LogP contribution in [0.15, 0.2) is 78.4 Å². The lowest BCUT2D eigenvalue weighted by Gasteiger charge is -2.36. The van der Waals surface area contributed by atoms with E-state index in [2.05, 4.69) is 34.9 Å². The van der Waals surface area contributed by atoms with Crippen LogP contribution in [0.3, 0.4) is 0 Å². The van der Waals surface area contributed by atoms with Crippen molar-refractivity contribution in [2.45, 2.75) is 20.8 Å². The molecular formula is C29H24ClN3O2S. The normalized spacial score (nSPS) is 15.4. The van der Waals surface area contributed by atoms with E-state index >= 15 is 0 Å². The summed E-state index contributed by atoms with van der Waals surface area (Å²) in [6, 6.07) is 23.4. The second-order valence-corrected chi connectivity index (χ2v) is 9.50. The molecular weight excluding hydrogens is 490 g/mol. The largest absolute Gasteiger partial charge is 0.318 e. The first-order valence-electron chi connectivity index (χ1n) is 11.7. The molecule has 0 unspecified atom stereocenters. The lowest BCUT2D eigenvalue weighted by Crippen LogP contribution is -2.56. The second kappa shape index (κ2) is 9.37. The highest BCUT2D eigenvalue weighted by Crippen LogP contribution is 2.30. The minimum Gasteiger partial charge on any atom is -0.318 e. The molecule has 1 aromatic heterocycles. The Morgan fingerprint density at radius 1 is 0.861 bits per heavy atom. The van der Waals surface area contributed by atoms with E-state index < -0.39 is 11.8 Å². The zero-order valence-corrected chi connectivity index (χ0v) is 21.7. The van der Waals surface area contributed by atoms with Gasteiger partial charge < -0.3 is 4.57 Å². The average molecular weight is 514 g/mol. The predicted molar refractivity (Wildman–Crippen MR) is 150 cm³/mol. The first-order valence-corrected chi connectivity index (χ1v) is 12.4. The number of fused-ring (bicyclic) bond motifs is 1. The molecule has 1 fully saturated rings. The lowest BCUT2D eigenvalue weighted by molar-refractivity contribution is -0.127. The third-order valence-electron chi connectivity index (χ3n) is 6.49. The predicted octanol–water partition coefficient (Wildman–Crippen LogP) is 6.46. The van der Waals surface area contributed by atoms with Crippen LogP contribution in [0, 0.1) is 13.8 Å². The van der Waals surface area contributed by atoms with Crippen LogP contribution in [0.2, 0.25) is 5.02 Å². The highest BCUT2D eigenvalue weighted by molar-refractivity contribution is 7.80. The van der Waals surface area contributed by atoms with Crippen molar-refractivity contribution in [2.75, 3.05) is 11.4 Å². The van der Waals surface area contributed by atoms with Crippen LogP contribution in [0.5, 0.6) is 0 Å². The Morgan fingerprint density at radius 2 is 1.53 bits per heavy atom. The number of carbonyl (C=O) groups excluding carboxylic acids is 2. The molecule has 7 heteroatoms. The molecule has 0 aliphatic carbocycles. The van der Waals surface area contributed by atoms with E-state index in [9.17, 15) is 9.59 Å². The first-order chi connectivity index (χ1) is 17.3. The van der Waals surface area contributed by atoms with Gasteiger partial charge in [-0.2, -0.15) is 0 Å². The average Bonchev–Trinajstić information content (AvgIpc) is 3.15. The number of aromatic nitrogens is 1. The van der Waals surface area contributed by atoms with Gasteiger partial charge in [-0.05, 0) is 97.9 Å². The fraction of sp³-hybridized carbons (Fsp3) is 0.138. The number of hydrogen-bond acceptors (Lipinski definition) is 3. The van der Waals surface area contributed by atoms with Gasteiger partial charge in [0.25, 0.3) is 11.8 Å². The summed E-state index contributed by atoms with van der Waals surface area (Å²) in [6.07, 6.45) is 1.68. The number of thiocarbonyl (C=S) groups is 1. The number of rotatable bonds is 4. The SMILES string of the molecule is CCN1C(=O)/C(=C\c2cc(C)n(-c3ccc4ccccc4c3)c2C)C(=O)N(c2ccc(Cl)cc2)C1=S. The molecule has 1 aliphatic rings. The molecule has 2 amide bonds. The number of anilines is 1. The summed E-state index contributed by atoms with van der Waals surface area (Å²) in [6.45, 7) is 6.19. The fourth-order valence-corrected chi connectivity index (χ4v) is 5.20. The summed E-state index contributed by atoms with van der Waals surface area (Å²) in [5.74, 6) is -0.847. The number of benzene rings is 3. The maximum atomic E-state index is 13.6. The summed E-state index contributed by atoms with van der Waals surface area (Å²) < 4.78 is 2.13. The van der Waals surface area contributed by atoms with Crippen LogP contribution in [-0.2, 0) is 9.59 Å². The van der Waals surface area contributed by atoms with Crippen LogP contribution in [0.25, 0.3) is 22.5 Å². The Kier molecular flexibility index (Phi) is 6.24. The van der Waals surface area contributed by atoms with Crippen molar-refractivity contribution in [3.8, 4) is 5.69 Å². The third kappa shape index (κ3) is 4.02. The molecule has 1 aliphatic heterocycles. The first kappa shape index (κ1) is 24.0. The Hall–Kier alpha value is -3.74. The Morgan fingerprint density at radius 3 is 2.22 bits per heavy atom. The van der Waals surface area contributed by atoms with E-state index in [0.29, 0.717) is 17.3 Å². The van der Waals surface area contributed by atoms with Gasteiger partial charge in [-0.15, -0.1) is 0 Å². The molecule has 0 spiro atoms. The molecule has 0 bridgehead atoms. The van der Waals surface area contributed by atoms with Gasteiger partial charge in [0.1, 0.15) is 5.57 Å². The van der Waals surface area contributed by atoms with Gasteiger partial charge in [-0.3, -0.25) is 19.4 Å². The van der Waals surface area contributed by atoms with Gasteiger partial charge in [0, 0.05) is 28.6 Å². The molecule has 3 aromatic carbocycles. The summed E-state index contributed by atoms with van der Waals surface area (Å²) >= 11 is 11.6. The summed E-state index contributed by atoms with van der Waals surface area (Å²) in [7, 11) is 0. The molecule has 1 saturated heterocycles. The van der Waals surface area contributed by atoms with Gasteiger partial charge in [0.05, 0.1) is 5.69 Å². The van der Waals surface area contributed by atoms with Gasteiger partial charge in [-0.25, -0.2) is 0 Å². The van der Waals surface area contributed by atoms with Crippen LogP contribution in [-0.4, -0.2) is 32.9 Å². The van der Waals surface area contributed by atoms with E-state index in [1.165, 1.54) is 15.2 Å². The number of hydrogen-bond donors (Lipinski definition) is 0. The number of nitrogens with zero attached hydrogens (tertiary/aromatic N) is 3. The van der Waals surface area contributed by atoms with Crippen LogP contribution in [0.4, 0.5) is 5.69 Å². The van der Waals surface area contributed by atoms with Crippen LogP contribution in [0.1, 0.15) is 23.9 Å². The van der Waals surface area contributed by atoms with E-state index in [-0.39, 0.29) is 10.7 Å². The van der Waals surface area contributed by atoms with Crippen LogP contribution < -0.4 is 4.90 Å². The molecule has 0 N–H and O–H groups in total. The van der Waals surface area contributed by atoms with E-state index in [1.807, 2.05) is 39.0 Å². The molecule has 0 radical (unpaired) electrons. The van der Waals surface area contributed by atoms with Crippen molar-refractivity contribution in [3.05, 3.63) is 100 Å². The molecule has 5 nitrogen and oxygen atoms in total. The number of carbonyl (C=O) groups is 2. The molecule has 0 saturated carbocycles. The van der Waals surface area contributed by atoms with Crippen LogP contribution >= 0.6 is 23.8 Å². The number of likely N-dealkylation sites (N-methyl/N-ethyl adjacent to an activating group) is 1. The minimum atomic E-state index is -0.451. The summed E-state index contributed by atoms with van der Waals surface area (Å²) in [4.78, 5) is 29.8. The summed E-state index contributed by atoms with van der Waals surface area (Å²) in [5.41, 5.74) is 4.39. The highest BCUT2D eigenvalue weighted by Gasteiger charge is 2.39. The number of halogens is 1. The standard InChI is InChI=1S/C29H24ClN3O2S/c1-4-31-27(34)26(28(35)33(29(31)36)24-13-10-23(30)11-14-24)17-22-15-18(2)32(19(22)3)25-12-9-20-7-5-6-8-21(20)16-25/h5-17H,4H2,1-3H3/b26-17+. The highest BCUT2D eigenvalue weighted by atomic mass is 35.5. The maximum Gasteiger partial charge on any atom is 0.270 e. The quantitative estimate of drug-likeness (QED) is 0.178. The van der Waals surface area contributed by atoms with Crippen molar-refractivity contribution >= 4 is 63.3 Å². The van der Waals surface area contributed by atoms with Gasteiger partial charge in [-0.1, -0.05) is 41.9 Å². The van der Waals surface area contributed by atoms with Gasteiger partial charge in [0.2, 0.25) is 0 Å². The molecule has 2 heterocycles. The van der Waals surface area contributed by atoms with Gasteiger partial charge in [0.15, 0.2) is 5.11 Å². The molecule has 180 valence electrons. The monoisotopic (exact) mass is 513 g/mol. The zero-order chi connectivity index (χ0) is 25.6. The fourth-order valence-electron chi connectivity index (χ4n) is 4.67. The van der Waals surface area contributed by atoms with Crippen molar-refractivity contribution in [1.29, 1.82) is 0 Å². The van der Waals surface area contributed by atoms with E-state index in [1.54, 1.807) is 30.3 Å². The maximum absolute atomic E-state index is 13.6. The Balaban J connectivity index is 1.60. The molecule has 4 aromatic rings. The summed E-state index contributed by atoms with van der Waals surface area (Å²) in [5, 5.41) is 3.02. The minimum absolute atomic E-state index is 0.0687. The van der Waals surface area contributed by atoms with Gasteiger partial charge >= 0.3 is 0 Å². The van der Waals surface area contributed by atoms with Crippen molar-refractivity contribution in [1.82, 2.24) is 9.47 Å². The molecule has 5 rings (SSSR count). The zero-order valence-electron chi connectivity index (χ0n) is 20.2. The van der Waals surface area contributed by atoms with E-state index in [4.69, 9.17) is 23.8 Å². The Bertz CT molecular complexity index is 1570. The third-order valence-corrected chi connectivity index (χ3v) is 7.15. The van der Waals surface area contributed by atoms with Crippen molar-refractivity contribution in [2.24, 2.45) is 0 Å². The lowest BCUT2D eigenvalue weighted by atomic mass is 10.1. The van der Waals surface area contributed by atoms with E-state index in [0.717, 1.165) is 28.0 Å². The number of amides is 2. The number of aryl methyl sites for hydroxylation is 1. The smallest absolute Gasteiger partial charge is 0.270 e.